The molecule has 2 unspecified atom stereocenters. The van der Waals surface area contributed by atoms with Gasteiger partial charge in [0.05, 0.1) is 0 Å². The number of hydrogen-bond donors (Lipinski definition) is 1. The zero-order valence-corrected chi connectivity index (χ0v) is 12.6. The SMILES string of the molecule is CC(C)(C)OC(=O)N1CC2CCC(C1)C21CNC(=O)C1. The highest BCUT2D eigenvalue weighted by Gasteiger charge is 2.57. The molecule has 5 nitrogen and oxygen atoms in total. The number of carbonyl (C=O) groups is 2. The van der Waals surface area contributed by atoms with E-state index in [0.29, 0.717) is 18.3 Å². The zero-order chi connectivity index (χ0) is 14.5. The van der Waals surface area contributed by atoms with Crippen LogP contribution in [0, 0.1) is 17.3 Å². The first-order valence-corrected chi connectivity index (χ1v) is 7.55. The molecule has 0 aromatic rings. The summed E-state index contributed by atoms with van der Waals surface area (Å²) in [4.78, 5) is 25.7. The highest BCUT2D eigenvalue weighted by molar-refractivity contribution is 5.79. The van der Waals surface area contributed by atoms with E-state index in [1.807, 2.05) is 25.7 Å². The summed E-state index contributed by atoms with van der Waals surface area (Å²) in [6.45, 7) is 7.95. The maximum absolute atomic E-state index is 12.2. The highest BCUT2D eigenvalue weighted by atomic mass is 16.6. The van der Waals surface area contributed by atoms with Crippen LogP contribution in [0.5, 0.6) is 0 Å². The first-order chi connectivity index (χ1) is 9.30. The third-order valence-corrected chi connectivity index (χ3v) is 5.13. The predicted octanol–water partition coefficient (Wildman–Crippen LogP) is 1.77. The van der Waals surface area contributed by atoms with E-state index < -0.39 is 5.60 Å². The van der Waals surface area contributed by atoms with Crippen molar-refractivity contribution in [1.29, 1.82) is 0 Å². The minimum Gasteiger partial charge on any atom is -0.444 e. The first kappa shape index (κ1) is 13.7. The molecule has 112 valence electrons. The van der Waals surface area contributed by atoms with E-state index in [1.165, 1.54) is 0 Å². The molecule has 1 spiro atoms. The van der Waals surface area contributed by atoms with Crippen LogP contribution in [0.2, 0.25) is 0 Å². The van der Waals surface area contributed by atoms with Crippen molar-refractivity contribution in [2.75, 3.05) is 19.6 Å². The Morgan fingerprint density at radius 2 is 1.90 bits per heavy atom. The van der Waals surface area contributed by atoms with Gasteiger partial charge in [-0.05, 0) is 45.4 Å². The smallest absolute Gasteiger partial charge is 0.410 e. The fourth-order valence-electron chi connectivity index (χ4n) is 4.20. The standard InChI is InChI=1S/C15H24N2O3/c1-14(2,3)20-13(19)17-7-10-4-5-11(8-17)15(10)6-12(18)16-9-15/h10-11H,4-9H2,1-3H3,(H,16,18). The highest BCUT2D eigenvalue weighted by Crippen LogP contribution is 2.55. The predicted molar refractivity (Wildman–Crippen MR) is 74.1 cm³/mol. The summed E-state index contributed by atoms with van der Waals surface area (Å²) in [6.07, 6.45) is 2.68. The van der Waals surface area contributed by atoms with Gasteiger partial charge < -0.3 is 15.0 Å². The van der Waals surface area contributed by atoms with Gasteiger partial charge in [0.2, 0.25) is 5.91 Å². The van der Waals surface area contributed by atoms with Crippen molar-refractivity contribution < 1.29 is 14.3 Å². The molecular formula is C15H24N2O3. The topological polar surface area (TPSA) is 58.6 Å². The van der Waals surface area contributed by atoms with Crippen molar-refractivity contribution in [2.45, 2.75) is 45.6 Å². The lowest BCUT2D eigenvalue weighted by atomic mass is 9.68. The summed E-state index contributed by atoms with van der Waals surface area (Å²) in [5.74, 6) is 1.05. The Hall–Kier alpha value is -1.26. The van der Waals surface area contributed by atoms with Crippen molar-refractivity contribution >= 4 is 12.0 Å². The zero-order valence-electron chi connectivity index (χ0n) is 12.6. The molecule has 3 rings (SSSR count). The Bertz CT molecular complexity index is 427. The number of hydrogen-bond acceptors (Lipinski definition) is 3. The van der Waals surface area contributed by atoms with Crippen molar-refractivity contribution in [3.63, 3.8) is 0 Å². The second-order valence-electron chi connectivity index (χ2n) is 7.54. The van der Waals surface area contributed by atoms with Crippen LogP contribution in [-0.4, -0.2) is 42.1 Å². The van der Waals surface area contributed by atoms with Crippen LogP contribution in [0.15, 0.2) is 0 Å². The number of rotatable bonds is 0. The maximum atomic E-state index is 12.2. The van der Waals surface area contributed by atoms with E-state index in [0.717, 1.165) is 32.5 Å². The average molecular weight is 280 g/mol. The Morgan fingerprint density at radius 3 is 2.35 bits per heavy atom. The molecule has 0 radical (unpaired) electrons. The van der Waals surface area contributed by atoms with E-state index in [9.17, 15) is 9.59 Å². The molecule has 2 aliphatic heterocycles. The molecule has 1 aliphatic carbocycles. The molecule has 20 heavy (non-hydrogen) atoms. The second-order valence-corrected chi connectivity index (χ2v) is 7.54. The molecule has 1 saturated carbocycles. The van der Waals surface area contributed by atoms with E-state index in [1.54, 1.807) is 0 Å². The Balaban J connectivity index is 1.71. The van der Waals surface area contributed by atoms with Crippen molar-refractivity contribution in [3.05, 3.63) is 0 Å². The summed E-state index contributed by atoms with van der Waals surface area (Å²) in [6, 6.07) is 0. The molecule has 0 aromatic carbocycles. The number of amides is 2. The van der Waals surface area contributed by atoms with E-state index in [-0.39, 0.29) is 17.4 Å². The van der Waals surface area contributed by atoms with Crippen LogP contribution in [0.1, 0.15) is 40.0 Å². The summed E-state index contributed by atoms with van der Waals surface area (Å²) < 4.78 is 5.48. The summed E-state index contributed by atoms with van der Waals surface area (Å²) in [5, 5.41) is 2.99. The van der Waals surface area contributed by atoms with E-state index >= 15 is 0 Å². The van der Waals surface area contributed by atoms with Gasteiger partial charge in [0.15, 0.2) is 0 Å². The molecule has 2 saturated heterocycles. The molecule has 3 fully saturated rings. The Labute approximate surface area is 120 Å². The lowest BCUT2D eigenvalue weighted by molar-refractivity contribution is -0.120. The second kappa shape index (κ2) is 4.37. The quantitative estimate of drug-likeness (QED) is 0.735. The van der Waals surface area contributed by atoms with Gasteiger partial charge in [-0.1, -0.05) is 0 Å². The van der Waals surface area contributed by atoms with Crippen molar-refractivity contribution in [1.82, 2.24) is 10.2 Å². The largest absolute Gasteiger partial charge is 0.444 e. The number of likely N-dealkylation sites (tertiary alicyclic amines) is 1. The van der Waals surface area contributed by atoms with Crippen LogP contribution in [0.3, 0.4) is 0 Å². The lowest BCUT2D eigenvalue weighted by Gasteiger charge is -2.44. The fraction of sp³-hybridized carbons (Fsp3) is 0.867. The van der Waals surface area contributed by atoms with Crippen LogP contribution < -0.4 is 5.32 Å². The monoisotopic (exact) mass is 280 g/mol. The minimum atomic E-state index is -0.448. The Morgan fingerprint density at radius 1 is 1.30 bits per heavy atom. The summed E-state index contributed by atoms with van der Waals surface area (Å²) in [7, 11) is 0. The van der Waals surface area contributed by atoms with Gasteiger partial charge in [0, 0.05) is 31.5 Å². The molecule has 1 N–H and O–H groups in total. The molecule has 5 heteroatoms. The number of ether oxygens (including phenoxy) is 1. The molecule has 2 heterocycles. The van der Waals surface area contributed by atoms with E-state index in [4.69, 9.17) is 4.74 Å². The average Bonchev–Trinajstić information content (AvgIpc) is 2.75. The van der Waals surface area contributed by atoms with Gasteiger partial charge in [0.1, 0.15) is 5.60 Å². The van der Waals surface area contributed by atoms with Crippen LogP contribution in [0.4, 0.5) is 4.79 Å². The van der Waals surface area contributed by atoms with Gasteiger partial charge >= 0.3 is 6.09 Å². The minimum absolute atomic E-state index is 0.107. The number of carbonyl (C=O) groups excluding carboxylic acids is 2. The molecule has 2 amide bonds. The van der Waals surface area contributed by atoms with Crippen LogP contribution in [0.25, 0.3) is 0 Å². The molecular weight excluding hydrogens is 256 g/mol. The fourth-order valence-corrected chi connectivity index (χ4v) is 4.20. The van der Waals surface area contributed by atoms with Gasteiger partial charge in [-0.3, -0.25) is 4.79 Å². The molecule has 3 aliphatic rings. The van der Waals surface area contributed by atoms with Gasteiger partial charge in [-0.2, -0.15) is 0 Å². The first-order valence-electron chi connectivity index (χ1n) is 7.55. The molecule has 2 atom stereocenters. The summed E-state index contributed by atoms with van der Waals surface area (Å²) in [5.41, 5.74) is -0.342. The maximum Gasteiger partial charge on any atom is 0.410 e. The number of piperidine rings is 1. The van der Waals surface area contributed by atoms with Gasteiger partial charge in [-0.15, -0.1) is 0 Å². The van der Waals surface area contributed by atoms with Crippen LogP contribution >= 0.6 is 0 Å². The molecule has 2 bridgehead atoms. The number of nitrogens with zero attached hydrogens (tertiary/aromatic N) is 1. The molecule has 0 aromatic heterocycles. The van der Waals surface area contributed by atoms with Crippen LogP contribution in [-0.2, 0) is 9.53 Å². The van der Waals surface area contributed by atoms with Crippen molar-refractivity contribution in [3.8, 4) is 0 Å². The lowest BCUT2D eigenvalue weighted by Crippen LogP contribution is -2.52. The van der Waals surface area contributed by atoms with Crippen molar-refractivity contribution in [2.24, 2.45) is 17.3 Å². The number of nitrogens with one attached hydrogen (secondary N) is 1. The van der Waals surface area contributed by atoms with Gasteiger partial charge in [0.25, 0.3) is 0 Å². The summed E-state index contributed by atoms with van der Waals surface area (Å²) >= 11 is 0. The third kappa shape index (κ3) is 2.17. The Kier molecular flexibility index (Phi) is 2.99. The normalized spacial score (nSPS) is 36.4. The van der Waals surface area contributed by atoms with Gasteiger partial charge in [-0.25, -0.2) is 4.79 Å². The third-order valence-electron chi connectivity index (χ3n) is 5.13. The van der Waals surface area contributed by atoms with E-state index in [2.05, 4.69) is 5.32 Å².